The van der Waals surface area contributed by atoms with Crippen molar-refractivity contribution in [3.8, 4) is 0 Å². The van der Waals surface area contributed by atoms with E-state index in [9.17, 15) is 9.90 Å². The fraction of sp³-hybridized carbons (Fsp3) is 0.588. The number of nitrogens with zero attached hydrogens (tertiary/aromatic N) is 1. The van der Waals surface area contributed by atoms with Crippen LogP contribution in [0.5, 0.6) is 0 Å². The predicted molar refractivity (Wildman–Crippen MR) is 100 cm³/mol. The van der Waals surface area contributed by atoms with Gasteiger partial charge in [-0.15, -0.1) is 0 Å². The molecule has 0 fully saturated rings. The monoisotopic (exact) mass is 415 g/mol. The van der Waals surface area contributed by atoms with Crippen LogP contribution in [0.15, 0.2) is 22.7 Å². The zero-order chi connectivity index (χ0) is 17.7. The molecule has 0 bridgehead atoms. The molecule has 0 aliphatic carbocycles. The SMILES string of the molecule is C[Si](C)(C)CCOCN(CC1OCCc2c(Br)cccc21)C(=O)O. The molecule has 1 aromatic rings. The highest BCUT2D eigenvalue weighted by atomic mass is 79.9. The Bertz CT molecular complexity index is 576. The van der Waals surface area contributed by atoms with E-state index in [1.165, 1.54) is 10.5 Å². The molecular weight excluding hydrogens is 390 g/mol. The summed E-state index contributed by atoms with van der Waals surface area (Å²) in [5.41, 5.74) is 2.27. The van der Waals surface area contributed by atoms with E-state index in [0.29, 0.717) is 13.2 Å². The summed E-state index contributed by atoms with van der Waals surface area (Å²) < 4.78 is 12.5. The molecule has 7 heteroatoms. The van der Waals surface area contributed by atoms with E-state index in [1.54, 1.807) is 0 Å². The molecule has 1 N–H and O–H groups in total. The van der Waals surface area contributed by atoms with Crippen molar-refractivity contribution in [2.45, 2.75) is 38.2 Å². The molecule has 2 rings (SSSR count). The smallest absolute Gasteiger partial charge is 0.409 e. The molecule has 1 aromatic carbocycles. The topological polar surface area (TPSA) is 59.0 Å². The van der Waals surface area contributed by atoms with Crippen molar-refractivity contribution in [1.29, 1.82) is 0 Å². The van der Waals surface area contributed by atoms with Gasteiger partial charge in [-0.05, 0) is 29.7 Å². The summed E-state index contributed by atoms with van der Waals surface area (Å²) in [6.45, 7) is 8.40. The van der Waals surface area contributed by atoms with Crippen LogP contribution < -0.4 is 0 Å². The van der Waals surface area contributed by atoms with Crippen LogP contribution in [-0.2, 0) is 15.9 Å². The van der Waals surface area contributed by atoms with Gasteiger partial charge in [0.05, 0.1) is 13.2 Å². The number of ether oxygens (including phenoxy) is 2. The van der Waals surface area contributed by atoms with Gasteiger partial charge in [0.1, 0.15) is 12.8 Å². The second-order valence-electron chi connectivity index (χ2n) is 7.27. The molecule has 134 valence electrons. The fourth-order valence-corrected chi connectivity index (χ4v) is 3.96. The zero-order valence-electron chi connectivity index (χ0n) is 14.5. The van der Waals surface area contributed by atoms with Crippen LogP contribution >= 0.6 is 15.9 Å². The largest absolute Gasteiger partial charge is 0.465 e. The number of hydrogen-bond donors (Lipinski definition) is 1. The van der Waals surface area contributed by atoms with Crippen LogP contribution in [0.4, 0.5) is 4.79 Å². The maximum absolute atomic E-state index is 11.5. The lowest BCUT2D eigenvalue weighted by Gasteiger charge is -2.30. The molecule has 5 nitrogen and oxygen atoms in total. The average Bonchev–Trinajstić information content (AvgIpc) is 2.50. The van der Waals surface area contributed by atoms with Gasteiger partial charge in [-0.25, -0.2) is 4.79 Å². The van der Waals surface area contributed by atoms with Crippen LogP contribution in [0, 0.1) is 0 Å². The maximum atomic E-state index is 11.5. The van der Waals surface area contributed by atoms with E-state index in [0.717, 1.165) is 22.5 Å². The first-order chi connectivity index (χ1) is 11.3. The number of carbonyl (C=O) groups is 1. The summed E-state index contributed by atoms with van der Waals surface area (Å²) in [6.07, 6.45) is -0.385. The third-order valence-corrected chi connectivity index (χ3v) is 6.52. The number of hydrogen-bond acceptors (Lipinski definition) is 3. The average molecular weight is 416 g/mol. The molecule has 1 aliphatic heterocycles. The molecule has 0 spiro atoms. The fourth-order valence-electron chi connectivity index (χ4n) is 2.62. The molecule has 0 saturated carbocycles. The second kappa shape index (κ2) is 8.47. The zero-order valence-corrected chi connectivity index (χ0v) is 17.1. The number of fused-ring (bicyclic) bond motifs is 1. The minimum absolute atomic E-state index is 0.0863. The van der Waals surface area contributed by atoms with Gasteiger partial charge in [0, 0.05) is 19.2 Å². The Balaban J connectivity index is 1.97. The molecule has 0 aromatic heterocycles. The van der Waals surface area contributed by atoms with Crippen molar-refractivity contribution in [3.05, 3.63) is 33.8 Å². The summed E-state index contributed by atoms with van der Waals surface area (Å²) in [6, 6.07) is 7.00. The van der Waals surface area contributed by atoms with Crippen LogP contribution in [0.2, 0.25) is 25.7 Å². The number of rotatable bonds is 7. The third-order valence-electron chi connectivity index (χ3n) is 4.07. The lowest BCUT2D eigenvalue weighted by Crippen LogP contribution is -2.38. The Morgan fingerprint density at radius 2 is 2.21 bits per heavy atom. The molecule has 24 heavy (non-hydrogen) atoms. The third kappa shape index (κ3) is 5.58. The van der Waals surface area contributed by atoms with Crippen LogP contribution in [0.1, 0.15) is 17.2 Å². The summed E-state index contributed by atoms with van der Waals surface area (Å²) in [4.78, 5) is 12.8. The summed E-state index contributed by atoms with van der Waals surface area (Å²) >= 11 is 3.57. The van der Waals surface area contributed by atoms with Crippen molar-refractivity contribution in [3.63, 3.8) is 0 Å². The van der Waals surface area contributed by atoms with Gasteiger partial charge in [-0.3, -0.25) is 4.90 Å². The van der Waals surface area contributed by atoms with Crippen molar-refractivity contribution in [1.82, 2.24) is 4.90 Å². The quantitative estimate of drug-likeness (QED) is 0.408. The molecule has 0 radical (unpaired) electrons. The van der Waals surface area contributed by atoms with Gasteiger partial charge in [0.15, 0.2) is 0 Å². The number of carboxylic acid groups (broad SMARTS) is 1. The first-order valence-corrected chi connectivity index (χ1v) is 12.7. The minimum Gasteiger partial charge on any atom is -0.465 e. The van der Waals surface area contributed by atoms with Crippen molar-refractivity contribution < 1.29 is 19.4 Å². The number of benzene rings is 1. The van der Waals surface area contributed by atoms with Crippen molar-refractivity contribution in [2.75, 3.05) is 26.5 Å². The molecule has 1 unspecified atom stereocenters. The molecule has 1 atom stereocenters. The van der Waals surface area contributed by atoms with E-state index < -0.39 is 14.2 Å². The second-order valence-corrected chi connectivity index (χ2v) is 13.7. The van der Waals surface area contributed by atoms with Gasteiger partial charge >= 0.3 is 6.09 Å². The Hall–Kier alpha value is -0.893. The van der Waals surface area contributed by atoms with Gasteiger partial charge in [-0.1, -0.05) is 47.7 Å². The van der Waals surface area contributed by atoms with E-state index >= 15 is 0 Å². The molecule has 1 amide bonds. The highest BCUT2D eigenvalue weighted by Gasteiger charge is 2.26. The van der Waals surface area contributed by atoms with Gasteiger partial charge < -0.3 is 14.6 Å². The van der Waals surface area contributed by atoms with E-state index in [4.69, 9.17) is 9.47 Å². The Labute approximate surface area is 153 Å². The normalized spacial score (nSPS) is 17.4. The Kier molecular flexibility index (Phi) is 6.85. The van der Waals surface area contributed by atoms with Crippen molar-refractivity contribution in [2.24, 2.45) is 0 Å². The van der Waals surface area contributed by atoms with E-state index in [2.05, 4.69) is 35.6 Å². The van der Waals surface area contributed by atoms with Crippen LogP contribution in [0.25, 0.3) is 0 Å². The molecule has 1 aliphatic rings. The summed E-state index contributed by atoms with van der Waals surface area (Å²) in [5, 5.41) is 9.46. The standard InChI is InChI=1S/C17H26BrNO4Si/c1-24(2,3)10-9-22-12-19(17(20)21)11-16-14-5-4-6-15(18)13(14)7-8-23-16/h4-6,16H,7-12H2,1-3H3,(H,20,21). The first-order valence-electron chi connectivity index (χ1n) is 8.22. The highest BCUT2D eigenvalue weighted by Crippen LogP contribution is 2.32. The summed E-state index contributed by atoms with van der Waals surface area (Å²) in [7, 11) is -1.17. The number of halogens is 1. The van der Waals surface area contributed by atoms with E-state index in [1.807, 2.05) is 18.2 Å². The number of amides is 1. The van der Waals surface area contributed by atoms with Crippen molar-refractivity contribution >= 4 is 30.1 Å². The highest BCUT2D eigenvalue weighted by molar-refractivity contribution is 9.10. The molecule has 0 saturated heterocycles. The Morgan fingerprint density at radius 1 is 1.46 bits per heavy atom. The predicted octanol–water partition coefficient (Wildman–Crippen LogP) is 4.36. The molecule has 1 heterocycles. The van der Waals surface area contributed by atoms with Crippen LogP contribution in [0.3, 0.4) is 0 Å². The summed E-state index contributed by atoms with van der Waals surface area (Å²) in [5.74, 6) is 0. The van der Waals surface area contributed by atoms with E-state index in [-0.39, 0.29) is 19.4 Å². The minimum atomic E-state index is -1.17. The van der Waals surface area contributed by atoms with Gasteiger partial charge in [-0.2, -0.15) is 0 Å². The Morgan fingerprint density at radius 3 is 2.88 bits per heavy atom. The molecular formula is C17H26BrNO4Si. The first kappa shape index (κ1) is 19.4. The van der Waals surface area contributed by atoms with Gasteiger partial charge in [0.2, 0.25) is 0 Å². The maximum Gasteiger partial charge on any atom is 0.409 e. The van der Waals surface area contributed by atoms with Gasteiger partial charge in [0.25, 0.3) is 0 Å². The lowest BCUT2D eigenvalue weighted by atomic mass is 9.97. The van der Waals surface area contributed by atoms with Crippen LogP contribution in [-0.4, -0.2) is 50.7 Å². The lowest BCUT2D eigenvalue weighted by molar-refractivity contribution is -0.0173.